The van der Waals surface area contributed by atoms with Gasteiger partial charge >= 0.3 is 0 Å². The van der Waals surface area contributed by atoms with Gasteiger partial charge in [0.05, 0.1) is 11.5 Å². The van der Waals surface area contributed by atoms with Gasteiger partial charge in [0.25, 0.3) is 5.91 Å². The molecule has 27 heavy (non-hydrogen) atoms. The first-order valence-corrected chi connectivity index (χ1v) is 9.98. The molecule has 1 N–H and O–H groups in total. The molecule has 1 fully saturated rings. The van der Waals surface area contributed by atoms with Crippen LogP contribution in [0.1, 0.15) is 18.4 Å². The molecule has 140 valence electrons. The molecular formula is C19H18ClN3O3S. The fourth-order valence-corrected chi connectivity index (χ4v) is 4.06. The second kappa shape index (κ2) is 7.70. The summed E-state index contributed by atoms with van der Waals surface area (Å²) in [7, 11) is 0. The molecule has 1 aromatic heterocycles. The number of halogens is 1. The van der Waals surface area contributed by atoms with Crippen molar-refractivity contribution in [2.75, 3.05) is 25.0 Å². The summed E-state index contributed by atoms with van der Waals surface area (Å²) in [5.74, 6) is 0.301. The van der Waals surface area contributed by atoms with Gasteiger partial charge in [-0.3, -0.25) is 9.59 Å². The Bertz CT molecular complexity index is 898. The van der Waals surface area contributed by atoms with Crippen LogP contribution in [0.4, 0.5) is 5.13 Å². The largest absolute Gasteiger partial charge is 0.488 e. The Kier molecular flexibility index (Phi) is 5.13. The van der Waals surface area contributed by atoms with E-state index in [-0.39, 0.29) is 24.3 Å². The number of fused-ring (bicyclic) bond motifs is 1. The van der Waals surface area contributed by atoms with Crippen LogP contribution in [0, 0.1) is 5.92 Å². The van der Waals surface area contributed by atoms with E-state index < -0.39 is 0 Å². The maximum atomic E-state index is 12.9. The molecule has 0 aliphatic carbocycles. The zero-order valence-electron chi connectivity index (χ0n) is 14.5. The summed E-state index contributed by atoms with van der Waals surface area (Å²) in [6.07, 6.45) is 5.02. The van der Waals surface area contributed by atoms with Gasteiger partial charge in [-0.2, -0.15) is 0 Å². The molecule has 2 amide bonds. The van der Waals surface area contributed by atoms with Crippen LogP contribution in [0.3, 0.4) is 0 Å². The lowest BCUT2D eigenvalue weighted by Crippen LogP contribution is -2.45. The number of thiazole rings is 1. The maximum Gasteiger partial charge on any atom is 0.253 e. The second-order valence-corrected chi connectivity index (χ2v) is 7.89. The lowest BCUT2D eigenvalue weighted by atomic mass is 9.96. The number of nitrogens with zero attached hydrogens (tertiary/aromatic N) is 2. The molecule has 6 nitrogen and oxygen atoms in total. The fraction of sp³-hybridized carbons (Fsp3) is 0.316. The number of rotatable bonds is 3. The smallest absolute Gasteiger partial charge is 0.253 e. The first kappa shape index (κ1) is 18.0. The van der Waals surface area contributed by atoms with E-state index >= 15 is 0 Å². The Morgan fingerprint density at radius 3 is 3.07 bits per heavy atom. The van der Waals surface area contributed by atoms with Crippen molar-refractivity contribution in [2.24, 2.45) is 5.92 Å². The van der Waals surface area contributed by atoms with Gasteiger partial charge in [-0.25, -0.2) is 4.98 Å². The number of piperidine rings is 1. The van der Waals surface area contributed by atoms with Gasteiger partial charge in [-0.1, -0.05) is 11.6 Å². The molecule has 0 spiro atoms. The standard InChI is InChI=1S/C19H18ClN3O3S/c20-15-3-4-16-13(9-15)8-14(11-26-16)18(25)23-6-1-2-12(10-23)17(24)22-19-21-5-7-27-19/h3-5,7-9,12H,1-2,6,10-11H2,(H,21,22,24). The summed E-state index contributed by atoms with van der Waals surface area (Å²) in [5.41, 5.74) is 1.37. The average molecular weight is 404 g/mol. The highest BCUT2D eigenvalue weighted by atomic mass is 35.5. The molecular weight excluding hydrogens is 386 g/mol. The molecule has 2 aliphatic rings. The maximum absolute atomic E-state index is 12.9. The summed E-state index contributed by atoms with van der Waals surface area (Å²) in [6, 6.07) is 5.34. The average Bonchev–Trinajstić information content (AvgIpc) is 3.20. The predicted molar refractivity (Wildman–Crippen MR) is 105 cm³/mol. The van der Waals surface area contributed by atoms with Crippen molar-refractivity contribution in [3.8, 4) is 5.75 Å². The number of carbonyl (C=O) groups is 2. The monoisotopic (exact) mass is 403 g/mol. The van der Waals surface area contributed by atoms with Crippen molar-refractivity contribution in [3.63, 3.8) is 0 Å². The van der Waals surface area contributed by atoms with Crippen molar-refractivity contribution in [1.29, 1.82) is 0 Å². The Balaban J connectivity index is 1.45. The number of amides is 2. The minimum absolute atomic E-state index is 0.0894. The Labute approximate surface area is 165 Å². The van der Waals surface area contributed by atoms with Gasteiger partial charge in [-0.15, -0.1) is 11.3 Å². The van der Waals surface area contributed by atoms with E-state index in [0.717, 1.165) is 24.2 Å². The van der Waals surface area contributed by atoms with E-state index in [2.05, 4.69) is 10.3 Å². The van der Waals surface area contributed by atoms with Crippen molar-refractivity contribution in [3.05, 3.63) is 45.9 Å². The zero-order chi connectivity index (χ0) is 18.8. The van der Waals surface area contributed by atoms with E-state index in [1.807, 2.05) is 11.5 Å². The Morgan fingerprint density at radius 2 is 2.26 bits per heavy atom. The van der Waals surface area contributed by atoms with Gasteiger partial charge in [0.1, 0.15) is 12.4 Å². The molecule has 1 aromatic carbocycles. The number of carbonyl (C=O) groups excluding carboxylic acids is 2. The molecule has 2 aliphatic heterocycles. The molecule has 0 saturated carbocycles. The van der Waals surface area contributed by atoms with Gasteiger partial charge < -0.3 is 15.0 Å². The van der Waals surface area contributed by atoms with Crippen LogP contribution in [-0.2, 0) is 9.59 Å². The van der Waals surface area contributed by atoms with E-state index in [1.165, 1.54) is 11.3 Å². The van der Waals surface area contributed by atoms with Gasteiger partial charge in [0.2, 0.25) is 5.91 Å². The summed E-state index contributed by atoms with van der Waals surface area (Å²) in [5, 5.41) is 5.82. The number of anilines is 1. The van der Waals surface area contributed by atoms with Crippen molar-refractivity contribution in [2.45, 2.75) is 12.8 Å². The number of aromatic nitrogens is 1. The molecule has 4 rings (SSSR count). The number of hydrogen-bond acceptors (Lipinski definition) is 5. The number of nitrogens with one attached hydrogen (secondary N) is 1. The molecule has 1 unspecified atom stereocenters. The summed E-state index contributed by atoms with van der Waals surface area (Å²) >= 11 is 7.42. The Morgan fingerprint density at radius 1 is 1.37 bits per heavy atom. The zero-order valence-corrected chi connectivity index (χ0v) is 16.1. The molecule has 1 atom stereocenters. The summed E-state index contributed by atoms with van der Waals surface area (Å²) in [4.78, 5) is 31.2. The first-order valence-electron chi connectivity index (χ1n) is 8.73. The number of ether oxygens (including phenoxy) is 1. The van der Waals surface area contributed by atoms with E-state index in [9.17, 15) is 9.59 Å². The highest BCUT2D eigenvalue weighted by Crippen LogP contribution is 2.30. The fourth-order valence-electron chi connectivity index (χ4n) is 3.34. The normalized spacial score (nSPS) is 18.9. The molecule has 3 heterocycles. The van der Waals surface area contributed by atoms with Crippen LogP contribution >= 0.6 is 22.9 Å². The minimum atomic E-state index is -0.238. The first-order chi connectivity index (χ1) is 13.1. The number of benzene rings is 1. The highest BCUT2D eigenvalue weighted by molar-refractivity contribution is 7.13. The lowest BCUT2D eigenvalue weighted by molar-refractivity contribution is -0.131. The third kappa shape index (κ3) is 3.99. The molecule has 1 saturated heterocycles. The van der Waals surface area contributed by atoms with Gasteiger partial charge in [0, 0.05) is 35.3 Å². The highest BCUT2D eigenvalue weighted by Gasteiger charge is 2.31. The second-order valence-electron chi connectivity index (χ2n) is 6.56. The van der Waals surface area contributed by atoms with Crippen LogP contribution in [0.25, 0.3) is 6.08 Å². The predicted octanol–water partition coefficient (Wildman–Crippen LogP) is 3.45. The minimum Gasteiger partial charge on any atom is -0.488 e. The van der Waals surface area contributed by atoms with Crippen LogP contribution in [-0.4, -0.2) is 41.4 Å². The molecule has 8 heteroatoms. The SMILES string of the molecule is O=C(Nc1nccs1)C1CCCN(C(=O)C2=Cc3cc(Cl)ccc3OC2)C1. The van der Waals surface area contributed by atoms with E-state index in [4.69, 9.17) is 16.3 Å². The van der Waals surface area contributed by atoms with Crippen molar-refractivity contribution >= 4 is 46.0 Å². The van der Waals surface area contributed by atoms with Crippen LogP contribution < -0.4 is 10.1 Å². The number of likely N-dealkylation sites (tertiary alicyclic amines) is 1. The Hall–Kier alpha value is -2.38. The van der Waals surface area contributed by atoms with Crippen molar-refractivity contribution < 1.29 is 14.3 Å². The summed E-state index contributed by atoms with van der Waals surface area (Å²) in [6.45, 7) is 1.26. The third-order valence-corrected chi connectivity index (χ3v) is 5.62. The molecule has 0 radical (unpaired) electrons. The van der Waals surface area contributed by atoms with Crippen LogP contribution in [0.5, 0.6) is 5.75 Å². The van der Waals surface area contributed by atoms with Gasteiger partial charge in [-0.05, 0) is 37.1 Å². The lowest BCUT2D eigenvalue weighted by Gasteiger charge is -2.33. The quantitative estimate of drug-likeness (QED) is 0.852. The van der Waals surface area contributed by atoms with Crippen LogP contribution in [0.15, 0.2) is 35.3 Å². The molecule has 2 aromatic rings. The topological polar surface area (TPSA) is 71.5 Å². The van der Waals surface area contributed by atoms with E-state index in [1.54, 1.807) is 29.3 Å². The summed E-state index contributed by atoms with van der Waals surface area (Å²) < 4.78 is 5.69. The van der Waals surface area contributed by atoms with Crippen molar-refractivity contribution in [1.82, 2.24) is 9.88 Å². The molecule has 0 bridgehead atoms. The van der Waals surface area contributed by atoms with E-state index in [0.29, 0.717) is 28.8 Å². The van der Waals surface area contributed by atoms with Crippen LogP contribution in [0.2, 0.25) is 5.02 Å². The number of hydrogen-bond donors (Lipinski definition) is 1. The third-order valence-electron chi connectivity index (χ3n) is 4.70. The van der Waals surface area contributed by atoms with Gasteiger partial charge in [0.15, 0.2) is 5.13 Å².